The molecule has 1 fully saturated rings. The molecule has 1 aliphatic rings. The number of benzene rings is 1. The number of halogens is 1. The van der Waals surface area contributed by atoms with Gasteiger partial charge in [-0.15, -0.1) is 12.4 Å². The molecule has 2 rings (SSSR count). The molecule has 1 heterocycles. The molecule has 0 radical (unpaired) electrons. The maximum absolute atomic E-state index is 11.9. The highest BCUT2D eigenvalue weighted by atomic mass is 35.5. The SMILES string of the molecule is CC(C)(C)c1ccc(CCCCC(=O)NCCN2CCNCC2)cc1.Cl. The minimum atomic E-state index is 0. The summed E-state index contributed by atoms with van der Waals surface area (Å²) in [5.74, 6) is 0.193. The highest BCUT2D eigenvalue weighted by Crippen LogP contribution is 2.22. The average Bonchev–Trinajstić information content (AvgIpc) is 2.59. The number of amides is 1. The van der Waals surface area contributed by atoms with Crippen molar-refractivity contribution in [1.29, 1.82) is 0 Å². The summed E-state index contributed by atoms with van der Waals surface area (Å²) in [6.07, 6.45) is 3.72. The van der Waals surface area contributed by atoms with Crippen LogP contribution in [0.15, 0.2) is 24.3 Å². The molecule has 2 N–H and O–H groups in total. The van der Waals surface area contributed by atoms with Crippen LogP contribution in [0.25, 0.3) is 0 Å². The van der Waals surface area contributed by atoms with Gasteiger partial charge in [-0.3, -0.25) is 9.69 Å². The van der Waals surface area contributed by atoms with Gasteiger partial charge in [-0.25, -0.2) is 0 Å². The van der Waals surface area contributed by atoms with E-state index >= 15 is 0 Å². The topological polar surface area (TPSA) is 44.4 Å². The standard InChI is InChI=1S/C21H35N3O.ClH/c1-21(2,3)19-10-8-18(9-11-19)6-4-5-7-20(25)23-14-17-24-15-12-22-13-16-24;/h8-11,22H,4-7,12-17H2,1-3H3,(H,23,25);1H. The van der Waals surface area contributed by atoms with E-state index in [2.05, 4.69) is 60.6 Å². The number of rotatable bonds is 8. The molecule has 0 atom stereocenters. The van der Waals surface area contributed by atoms with E-state index in [4.69, 9.17) is 0 Å². The van der Waals surface area contributed by atoms with Crippen molar-refractivity contribution in [1.82, 2.24) is 15.5 Å². The number of unbranched alkanes of at least 4 members (excludes halogenated alkanes) is 1. The van der Waals surface area contributed by atoms with E-state index in [1.54, 1.807) is 0 Å². The quantitative estimate of drug-likeness (QED) is 0.680. The van der Waals surface area contributed by atoms with Gasteiger partial charge in [-0.05, 0) is 35.8 Å². The third-order valence-corrected chi connectivity index (χ3v) is 4.90. The normalized spacial score (nSPS) is 15.3. The van der Waals surface area contributed by atoms with Gasteiger partial charge in [-0.1, -0.05) is 45.0 Å². The summed E-state index contributed by atoms with van der Waals surface area (Å²) in [5, 5.41) is 6.39. The van der Waals surface area contributed by atoms with Crippen LogP contribution in [0.2, 0.25) is 0 Å². The first-order valence-electron chi connectivity index (χ1n) is 9.74. The van der Waals surface area contributed by atoms with Gasteiger partial charge in [0.15, 0.2) is 0 Å². The van der Waals surface area contributed by atoms with Crippen LogP contribution < -0.4 is 10.6 Å². The minimum absolute atomic E-state index is 0. The molecule has 0 aliphatic carbocycles. The fourth-order valence-corrected chi connectivity index (χ4v) is 3.16. The number of hydrogen-bond donors (Lipinski definition) is 2. The molecule has 0 unspecified atom stereocenters. The number of hydrogen-bond acceptors (Lipinski definition) is 3. The van der Waals surface area contributed by atoms with Crippen LogP contribution >= 0.6 is 12.4 Å². The molecular formula is C21H36ClN3O. The molecule has 0 spiro atoms. The number of nitrogens with zero attached hydrogens (tertiary/aromatic N) is 1. The van der Waals surface area contributed by atoms with E-state index in [9.17, 15) is 4.79 Å². The largest absolute Gasteiger partial charge is 0.355 e. The molecule has 0 bridgehead atoms. The summed E-state index contributed by atoms with van der Waals surface area (Å²) in [5.41, 5.74) is 2.95. The maximum Gasteiger partial charge on any atom is 0.220 e. The van der Waals surface area contributed by atoms with Crippen LogP contribution in [0.1, 0.15) is 51.2 Å². The highest BCUT2D eigenvalue weighted by Gasteiger charge is 2.13. The Morgan fingerprint density at radius 1 is 1.12 bits per heavy atom. The van der Waals surface area contributed by atoms with Gasteiger partial charge in [0.25, 0.3) is 0 Å². The third-order valence-electron chi connectivity index (χ3n) is 4.90. The average molecular weight is 382 g/mol. The first kappa shape index (κ1) is 22.9. The summed E-state index contributed by atoms with van der Waals surface area (Å²) in [7, 11) is 0. The predicted molar refractivity (Wildman–Crippen MR) is 112 cm³/mol. The molecule has 0 saturated carbocycles. The Balaban J connectivity index is 0.00000338. The molecule has 0 aromatic heterocycles. The maximum atomic E-state index is 11.9. The van der Waals surface area contributed by atoms with Crippen LogP contribution in [0, 0.1) is 0 Å². The van der Waals surface area contributed by atoms with Gasteiger partial charge < -0.3 is 10.6 Å². The monoisotopic (exact) mass is 381 g/mol. The number of carbonyl (C=O) groups is 1. The number of aryl methyl sites for hydroxylation is 1. The molecule has 5 heteroatoms. The fraction of sp³-hybridized carbons (Fsp3) is 0.667. The van der Waals surface area contributed by atoms with Crippen LogP contribution in [0.4, 0.5) is 0 Å². The highest BCUT2D eigenvalue weighted by molar-refractivity contribution is 5.85. The molecule has 1 aliphatic heterocycles. The van der Waals surface area contributed by atoms with E-state index in [1.807, 2.05) is 0 Å². The van der Waals surface area contributed by atoms with E-state index in [-0.39, 0.29) is 23.7 Å². The van der Waals surface area contributed by atoms with Gasteiger partial charge in [0.2, 0.25) is 5.91 Å². The van der Waals surface area contributed by atoms with E-state index in [0.29, 0.717) is 6.42 Å². The summed E-state index contributed by atoms with van der Waals surface area (Å²) in [6, 6.07) is 8.93. The van der Waals surface area contributed by atoms with E-state index in [0.717, 1.165) is 58.5 Å². The minimum Gasteiger partial charge on any atom is -0.355 e. The second-order valence-corrected chi connectivity index (χ2v) is 8.10. The Labute approximate surface area is 165 Å². The van der Waals surface area contributed by atoms with Gasteiger partial charge in [-0.2, -0.15) is 0 Å². The predicted octanol–water partition coefficient (Wildman–Crippen LogP) is 3.14. The van der Waals surface area contributed by atoms with Crippen molar-refractivity contribution in [3.8, 4) is 0 Å². The van der Waals surface area contributed by atoms with Crippen molar-refractivity contribution in [2.24, 2.45) is 0 Å². The molecular weight excluding hydrogens is 346 g/mol. The Hall–Kier alpha value is -1.10. The molecule has 4 nitrogen and oxygen atoms in total. The molecule has 1 aromatic rings. The zero-order valence-electron chi connectivity index (χ0n) is 16.6. The third kappa shape index (κ3) is 8.52. The molecule has 1 aromatic carbocycles. The molecule has 26 heavy (non-hydrogen) atoms. The second-order valence-electron chi connectivity index (χ2n) is 8.10. The Morgan fingerprint density at radius 3 is 2.38 bits per heavy atom. The Morgan fingerprint density at radius 2 is 1.77 bits per heavy atom. The fourth-order valence-electron chi connectivity index (χ4n) is 3.16. The lowest BCUT2D eigenvalue weighted by molar-refractivity contribution is -0.121. The van der Waals surface area contributed by atoms with Crippen LogP contribution in [0.5, 0.6) is 0 Å². The lowest BCUT2D eigenvalue weighted by Crippen LogP contribution is -2.46. The van der Waals surface area contributed by atoms with E-state index in [1.165, 1.54) is 11.1 Å². The van der Waals surface area contributed by atoms with Crippen LogP contribution in [-0.2, 0) is 16.6 Å². The van der Waals surface area contributed by atoms with Crippen molar-refractivity contribution >= 4 is 18.3 Å². The number of nitrogens with one attached hydrogen (secondary N) is 2. The summed E-state index contributed by atoms with van der Waals surface area (Å²) in [4.78, 5) is 14.3. The zero-order valence-corrected chi connectivity index (χ0v) is 17.5. The summed E-state index contributed by atoms with van der Waals surface area (Å²) >= 11 is 0. The van der Waals surface area contributed by atoms with Crippen molar-refractivity contribution in [2.75, 3.05) is 39.3 Å². The number of carbonyl (C=O) groups excluding carboxylic acids is 1. The Bertz CT molecular complexity index is 519. The Kier molecular flexibility index (Phi) is 10.2. The molecule has 1 saturated heterocycles. The van der Waals surface area contributed by atoms with Crippen molar-refractivity contribution < 1.29 is 4.79 Å². The van der Waals surface area contributed by atoms with Gasteiger partial charge in [0, 0.05) is 45.7 Å². The summed E-state index contributed by atoms with van der Waals surface area (Å²) in [6.45, 7) is 12.7. The second kappa shape index (κ2) is 11.6. The van der Waals surface area contributed by atoms with Gasteiger partial charge in [0.1, 0.15) is 0 Å². The van der Waals surface area contributed by atoms with Gasteiger partial charge in [0.05, 0.1) is 0 Å². The first-order chi connectivity index (χ1) is 11.9. The number of piperazine rings is 1. The van der Waals surface area contributed by atoms with Gasteiger partial charge >= 0.3 is 0 Å². The summed E-state index contributed by atoms with van der Waals surface area (Å²) < 4.78 is 0. The van der Waals surface area contributed by atoms with Crippen molar-refractivity contribution in [3.63, 3.8) is 0 Å². The van der Waals surface area contributed by atoms with E-state index < -0.39 is 0 Å². The lowest BCUT2D eigenvalue weighted by atomic mass is 9.86. The molecule has 1 amide bonds. The van der Waals surface area contributed by atoms with Crippen LogP contribution in [0.3, 0.4) is 0 Å². The lowest BCUT2D eigenvalue weighted by Gasteiger charge is -2.27. The molecule has 148 valence electrons. The van der Waals surface area contributed by atoms with Crippen molar-refractivity contribution in [2.45, 2.75) is 51.9 Å². The van der Waals surface area contributed by atoms with Crippen LogP contribution in [-0.4, -0.2) is 50.1 Å². The smallest absolute Gasteiger partial charge is 0.220 e. The first-order valence-corrected chi connectivity index (χ1v) is 9.74. The zero-order chi connectivity index (χ0) is 18.1. The van der Waals surface area contributed by atoms with Crippen molar-refractivity contribution in [3.05, 3.63) is 35.4 Å².